The van der Waals surface area contributed by atoms with Crippen LogP contribution in [-0.2, 0) is 4.74 Å². The smallest absolute Gasteiger partial charge is 0.393 e. The van der Waals surface area contributed by atoms with Crippen molar-refractivity contribution in [1.29, 1.82) is 0 Å². The van der Waals surface area contributed by atoms with Crippen LogP contribution in [0, 0.1) is 0 Å². The van der Waals surface area contributed by atoms with Crippen LogP contribution in [0.15, 0.2) is 48.5 Å². The van der Waals surface area contributed by atoms with Crippen molar-refractivity contribution in [2.24, 2.45) is 0 Å². The highest BCUT2D eigenvalue weighted by Gasteiger charge is 2.90. The zero-order valence-electron chi connectivity index (χ0n) is 32.2. The van der Waals surface area contributed by atoms with Gasteiger partial charge in [-0.15, -0.1) is 0 Å². The highest BCUT2D eigenvalue weighted by molar-refractivity contribution is 6.22. The summed E-state index contributed by atoms with van der Waals surface area (Å²) in [4.78, 5) is 24.6. The molecule has 0 aliphatic rings. The Morgan fingerprint density at radius 3 is 1.19 bits per heavy atom. The number of carbonyl (C=O) groups is 2. The zero-order valence-corrected chi connectivity index (χ0v) is 33.7. The summed E-state index contributed by atoms with van der Waals surface area (Å²) >= 11 is 7.53. The molecule has 27 heteroatoms. The number of benzene rings is 2. The molecule has 366 valence electrons. The molecule has 64 heavy (non-hydrogen) atoms. The Morgan fingerprint density at radius 2 is 0.734 bits per heavy atom. The van der Waals surface area contributed by atoms with Gasteiger partial charge in [0.2, 0.25) is 0 Å². The van der Waals surface area contributed by atoms with E-state index in [1.54, 1.807) is 0 Å². The summed E-state index contributed by atoms with van der Waals surface area (Å²) < 4.78 is 283. The summed E-state index contributed by atoms with van der Waals surface area (Å²) in [6.45, 7) is -1.39. The molecule has 0 heterocycles. The molecule has 0 saturated heterocycles. The average Bonchev–Trinajstić information content (AvgIpc) is 3.17. The molecule has 2 aromatic rings. The first-order chi connectivity index (χ1) is 28.9. The maximum absolute atomic E-state index is 13.9. The van der Waals surface area contributed by atoms with Crippen molar-refractivity contribution >= 4 is 35.1 Å². The number of hydrogen-bond acceptors (Lipinski definition) is 5. The third-order valence-corrected chi connectivity index (χ3v) is 9.63. The van der Waals surface area contributed by atoms with E-state index in [0.717, 1.165) is 24.3 Å². The Bertz CT molecular complexity index is 1820. The SMILES string of the molecule is O=C(OCCC(F)(F)C(F)(F)C(F)(F)C(F)(F)Cl)c1ccc(OC(=O)c2ccc(OCCCCCCCCCCCC(F)(F)C(F)(F)C(F)(F)C(F)(F)C(F)(F)C(F)(F)Cl)cc2)cc1. The van der Waals surface area contributed by atoms with Crippen LogP contribution in [-0.4, -0.2) is 83.3 Å². The number of esters is 2. The van der Waals surface area contributed by atoms with Gasteiger partial charge >= 0.3 is 70.1 Å². The van der Waals surface area contributed by atoms with Crippen LogP contribution in [0.1, 0.15) is 91.3 Å². The van der Waals surface area contributed by atoms with E-state index < -0.39 is 102 Å². The number of alkyl halides is 22. The number of unbranched alkanes of at least 4 members (excludes halogenated alkanes) is 8. The fraction of sp³-hybridized carbons (Fsp3) is 0.622. The lowest BCUT2D eigenvalue weighted by atomic mass is 9.91. The summed E-state index contributed by atoms with van der Waals surface area (Å²) in [7, 11) is 0. The minimum Gasteiger partial charge on any atom is -0.494 e. The molecule has 0 saturated carbocycles. The molecule has 0 N–H and O–H groups in total. The lowest BCUT2D eigenvalue weighted by Crippen LogP contribution is -2.69. The van der Waals surface area contributed by atoms with Gasteiger partial charge in [-0.1, -0.05) is 44.9 Å². The van der Waals surface area contributed by atoms with Crippen molar-refractivity contribution in [3.63, 3.8) is 0 Å². The van der Waals surface area contributed by atoms with E-state index in [1.807, 2.05) is 0 Å². The van der Waals surface area contributed by atoms with Gasteiger partial charge in [0, 0.05) is 6.42 Å². The lowest BCUT2D eigenvalue weighted by Gasteiger charge is -2.40. The molecule has 0 aliphatic heterocycles. The summed E-state index contributed by atoms with van der Waals surface area (Å²) in [6.07, 6.45) is -2.29. The van der Waals surface area contributed by atoms with Gasteiger partial charge in [-0.3, -0.25) is 0 Å². The first-order valence-corrected chi connectivity index (χ1v) is 19.1. The fourth-order valence-electron chi connectivity index (χ4n) is 5.27. The zero-order chi connectivity index (χ0) is 49.4. The Morgan fingerprint density at radius 1 is 0.391 bits per heavy atom. The minimum absolute atomic E-state index is 0.0177. The predicted octanol–water partition coefficient (Wildman–Crippen LogP) is 14.5. The van der Waals surface area contributed by atoms with Gasteiger partial charge in [-0.25, -0.2) is 9.59 Å². The Balaban J connectivity index is 1.68. The third kappa shape index (κ3) is 12.6. The molecular weight excluding hydrogens is 975 g/mol. The lowest BCUT2D eigenvalue weighted by molar-refractivity contribution is -0.417. The molecule has 0 unspecified atom stereocenters. The molecule has 2 rings (SSSR count). The van der Waals surface area contributed by atoms with Gasteiger partial charge in [0.15, 0.2) is 0 Å². The van der Waals surface area contributed by atoms with E-state index >= 15 is 0 Å². The van der Waals surface area contributed by atoms with Gasteiger partial charge in [0.05, 0.1) is 30.8 Å². The van der Waals surface area contributed by atoms with Gasteiger partial charge < -0.3 is 14.2 Å². The molecule has 0 amide bonds. The molecular formula is C37H34Cl2F20O5. The summed E-state index contributed by atoms with van der Waals surface area (Å²) in [6, 6.07) is 9.45. The molecule has 5 nitrogen and oxygen atoms in total. The van der Waals surface area contributed by atoms with Crippen LogP contribution in [0.2, 0.25) is 0 Å². The van der Waals surface area contributed by atoms with E-state index in [9.17, 15) is 97.4 Å². The first-order valence-electron chi connectivity index (χ1n) is 18.3. The van der Waals surface area contributed by atoms with E-state index in [2.05, 4.69) is 27.9 Å². The first kappa shape index (κ1) is 56.5. The van der Waals surface area contributed by atoms with Gasteiger partial charge in [-0.05, 0) is 84.6 Å². The van der Waals surface area contributed by atoms with E-state index in [0.29, 0.717) is 44.3 Å². The molecule has 0 radical (unpaired) electrons. The molecule has 2 aromatic carbocycles. The average molecular weight is 1010 g/mol. The number of carbonyl (C=O) groups excluding carboxylic acids is 2. The quantitative estimate of drug-likeness (QED) is 0.0293. The highest BCUT2D eigenvalue weighted by Crippen LogP contribution is 2.61. The standard InChI is InChI=1S/C37H34Cl2F20O5/c38-36(56,57)34(52,53)31(46,47)29(42,43)19-21-63-26(60)22-12-16-25(17-13-22)64-27(61)23-10-14-24(15-11-23)62-20-9-7-5-3-1-2-4-6-8-18-28(40,41)30(44,45)32(48,49)33(50,51)35(54,55)37(39,58)59/h10-17H,1-9,18-21H2. The second-order valence-electron chi connectivity index (χ2n) is 14.0. The molecule has 0 aromatic heterocycles. The van der Waals surface area contributed by atoms with Crippen LogP contribution >= 0.6 is 23.2 Å². The Kier molecular flexibility index (Phi) is 18.4. The second kappa shape index (κ2) is 20.9. The van der Waals surface area contributed by atoms with Crippen molar-refractivity contribution in [2.75, 3.05) is 13.2 Å². The fourth-order valence-corrected chi connectivity index (χ4v) is 5.51. The normalized spacial score (nSPS) is 14.1. The predicted molar refractivity (Wildman–Crippen MR) is 186 cm³/mol. The number of rotatable bonds is 27. The van der Waals surface area contributed by atoms with E-state index in [4.69, 9.17) is 9.47 Å². The van der Waals surface area contributed by atoms with Crippen molar-refractivity contribution in [3.8, 4) is 11.5 Å². The van der Waals surface area contributed by atoms with Gasteiger partial charge in [0.25, 0.3) is 0 Å². The molecule has 0 bridgehead atoms. The topological polar surface area (TPSA) is 61.8 Å². The van der Waals surface area contributed by atoms with Crippen LogP contribution in [0.4, 0.5) is 87.8 Å². The van der Waals surface area contributed by atoms with E-state index in [1.165, 1.54) is 24.3 Å². The van der Waals surface area contributed by atoms with Crippen LogP contribution < -0.4 is 9.47 Å². The van der Waals surface area contributed by atoms with Crippen LogP contribution in [0.25, 0.3) is 0 Å². The Hall–Kier alpha value is -3.64. The molecule has 0 atom stereocenters. The van der Waals surface area contributed by atoms with Gasteiger partial charge in [-0.2, -0.15) is 87.8 Å². The summed E-state index contributed by atoms with van der Waals surface area (Å²) in [5.74, 6) is -57.0. The third-order valence-electron chi connectivity index (χ3n) is 9.15. The monoisotopic (exact) mass is 1010 g/mol. The summed E-state index contributed by atoms with van der Waals surface area (Å²) in [5.41, 5.74) is -0.385. The molecule has 0 aliphatic carbocycles. The number of ether oxygens (including phenoxy) is 3. The number of hydrogen-bond donors (Lipinski definition) is 0. The maximum atomic E-state index is 13.9. The second-order valence-corrected chi connectivity index (χ2v) is 14.9. The number of halogens is 22. The molecule has 0 spiro atoms. The molecule has 0 fully saturated rings. The maximum Gasteiger partial charge on any atom is 0.393 e. The largest absolute Gasteiger partial charge is 0.494 e. The highest BCUT2D eigenvalue weighted by atomic mass is 35.5. The van der Waals surface area contributed by atoms with E-state index in [-0.39, 0.29) is 30.8 Å². The van der Waals surface area contributed by atoms with Gasteiger partial charge in [0.1, 0.15) is 11.5 Å². The van der Waals surface area contributed by atoms with Crippen molar-refractivity contribution in [3.05, 3.63) is 59.7 Å². The van der Waals surface area contributed by atoms with Crippen molar-refractivity contribution in [2.45, 2.75) is 129 Å². The Labute approximate surface area is 359 Å². The summed E-state index contributed by atoms with van der Waals surface area (Å²) in [5, 5.41) is -12.5. The van der Waals surface area contributed by atoms with Crippen LogP contribution in [0.5, 0.6) is 11.5 Å². The van der Waals surface area contributed by atoms with Crippen LogP contribution in [0.3, 0.4) is 0 Å². The van der Waals surface area contributed by atoms with Crippen molar-refractivity contribution in [1.82, 2.24) is 0 Å². The van der Waals surface area contributed by atoms with Crippen molar-refractivity contribution < 1.29 is 112 Å². The minimum atomic E-state index is -7.68.